The molecule has 0 amide bonds. The minimum absolute atomic E-state index is 0.291. The van der Waals surface area contributed by atoms with Crippen molar-refractivity contribution in [3.05, 3.63) is 0 Å². The molecule has 0 saturated carbocycles. The Labute approximate surface area is 92.1 Å². The molecule has 2 N–H and O–H groups in total. The smallest absolute Gasteiger partial charge is 0.335 e. The fourth-order valence-electron chi connectivity index (χ4n) is 1.16. The van der Waals surface area contributed by atoms with Gasteiger partial charge >= 0.3 is 5.97 Å². The van der Waals surface area contributed by atoms with Gasteiger partial charge in [-0.3, -0.25) is 0 Å². The van der Waals surface area contributed by atoms with Crippen molar-refractivity contribution in [2.45, 2.75) is 52.2 Å². The topological polar surface area (TPSA) is 61.5 Å². The summed E-state index contributed by atoms with van der Waals surface area (Å²) >= 11 is 0. The molecule has 0 rings (SSSR count). The van der Waals surface area contributed by atoms with Gasteiger partial charge in [0.25, 0.3) is 0 Å². The molecule has 15 heavy (non-hydrogen) atoms. The van der Waals surface area contributed by atoms with Crippen molar-refractivity contribution < 1.29 is 14.3 Å². The van der Waals surface area contributed by atoms with Crippen LogP contribution in [0.4, 0.5) is 0 Å². The molecule has 4 heteroatoms. The highest BCUT2D eigenvalue weighted by Crippen LogP contribution is 2.15. The molecule has 0 heterocycles. The lowest BCUT2D eigenvalue weighted by molar-refractivity contribution is -0.167. The van der Waals surface area contributed by atoms with E-state index in [9.17, 15) is 4.79 Å². The number of carbonyl (C=O) groups excluding carboxylic acids is 1. The minimum atomic E-state index is -0.492. The van der Waals surface area contributed by atoms with E-state index < -0.39 is 11.7 Å². The number of rotatable bonds is 7. The van der Waals surface area contributed by atoms with Crippen molar-refractivity contribution in [2.24, 2.45) is 5.73 Å². The van der Waals surface area contributed by atoms with Crippen molar-refractivity contribution in [1.29, 1.82) is 0 Å². The Hall–Kier alpha value is -0.610. The van der Waals surface area contributed by atoms with E-state index in [4.69, 9.17) is 15.2 Å². The molecular weight excluding hydrogens is 194 g/mol. The van der Waals surface area contributed by atoms with Crippen LogP contribution in [0.3, 0.4) is 0 Å². The van der Waals surface area contributed by atoms with Crippen LogP contribution < -0.4 is 5.73 Å². The van der Waals surface area contributed by atoms with Gasteiger partial charge in [0.1, 0.15) is 0 Å². The Bertz CT molecular complexity index is 192. The lowest BCUT2D eigenvalue weighted by Crippen LogP contribution is -2.41. The first-order chi connectivity index (χ1) is 6.96. The Morgan fingerprint density at radius 1 is 1.40 bits per heavy atom. The molecule has 0 aromatic carbocycles. The Morgan fingerprint density at radius 3 is 2.40 bits per heavy atom. The van der Waals surface area contributed by atoms with Crippen molar-refractivity contribution >= 4 is 5.97 Å². The van der Waals surface area contributed by atoms with E-state index in [1.165, 1.54) is 0 Å². The first kappa shape index (κ1) is 14.4. The summed E-state index contributed by atoms with van der Waals surface area (Å²) in [4.78, 5) is 11.5. The molecule has 0 aliphatic carbocycles. The van der Waals surface area contributed by atoms with Gasteiger partial charge in [-0.25, -0.2) is 4.79 Å². The Morgan fingerprint density at radius 2 is 2.00 bits per heavy atom. The van der Waals surface area contributed by atoms with Gasteiger partial charge in [0.05, 0.1) is 12.2 Å². The number of nitrogens with two attached hydrogens (primary N) is 1. The molecule has 0 spiro atoms. The van der Waals surface area contributed by atoms with Crippen LogP contribution in [0.15, 0.2) is 0 Å². The van der Waals surface area contributed by atoms with Crippen LogP contribution in [0, 0.1) is 0 Å². The zero-order valence-corrected chi connectivity index (χ0v) is 10.2. The molecule has 1 unspecified atom stereocenters. The fraction of sp³-hybridized carbons (Fsp3) is 0.909. The van der Waals surface area contributed by atoms with Crippen LogP contribution in [0.5, 0.6) is 0 Å². The highest BCUT2D eigenvalue weighted by molar-refractivity contribution is 5.74. The summed E-state index contributed by atoms with van der Waals surface area (Å²) in [6.45, 7) is 8.29. The average molecular weight is 217 g/mol. The van der Waals surface area contributed by atoms with Crippen molar-refractivity contribution in [2.75, 3.05) is 13.2 Å². The fourth-order valence-corrected chi connectivity index (χ4v) is 1.16. The van der Waals surface area contributed by atoms with E-state index >= 15 is 0 Å². The molecule has 0 radical (unpaired) electrons. The van der Waals surface area contributed by atoms with E-state index in [-0.39, 0.29) is 5.97 Å². The highest BCUT2D eigenvalue weighted by Gasteiger charge is 2.27. The highest BCUT2D eigenvalue weighted by atomic mass is 16.6. The summed E-state index contributed by atoms with van der Waals surface area (Å²) in [5.41, 5.74) is 5.07. The van der Waals surface area contributed by atoms with Crippen LogP contribution in [0.25, 0.3) is 0 Å². The normalized spacial score (nSPS) is 13.7. The Balaban J connectivity index is 4.32. The maximum absolute atomic E-state index is 11.5. The molecule has 0 aliphatic heterocycles. The van der Waals surface area contributed by atoms with E-state index in [0.29, 0.717) is 19.6 Å². The second-order valence-corrected chi connectivity index (χ2v) is 4.11. The summed E-state index contributed by atoms with van der Waals surface area (Å²) in [5, 5.41) is 0. The summed E-state index contributed by atoms with van der Waals surface area (Å²) in [7, 11) is 0. The molecule has 90 valence electrons. The van der Waals surface area contributed by atoms with Crippen LogP contribution in [0.1, 0.15) is 40.5 Å². The second kappa shape index (κ2) is 6.80. The number of hydrogen-bond acceptors (Lipinski definition) is 4. The Kier molecular flexibility index (Phi) is 6.52. The van der Waals surface area contributed by atoms with Gasteiger partial charge < -0.3 is 15.2 Å². The molecule has 4 nitrogen and oxygen atoms in total. The predicted octanol–water partition coefficient (Wildman–Crippen LogP) is 1.47. The van der Waals surface area contributed by atoms with E-state index in [1.54, 1.807) is 6.92 Å². The van der Waals surface area contributed by atoms with E-state index in [2.05, 4.69) is 0 Å². The third kappa shape index (κ3) is 5.74. The second-order valence-electron chi connectivity index (χ2n) is 4.11. The van der Waals surface area contributed by atoms with Crippen molar-refractivity contribution in [1.82, 2.24) is 0 Å². The van der Waals surface area contributed by atoms with Gasteiger partial charge in [0.15, 0.2) is 6.10 Å². The average Bonchev–Trinajstić information content (AvgIpc) is 2.17. The van der Waals surface area contributed by atoms with Crippen molar-refractivity contribution in [3.8, 4) is 0 Å². The van der Waals surface area contributed by atoms with E-state index in [1.807, 2.05) is 20.8 Å². The summed E-state index contributed by atoms with van der Waals surface area (Å²) in [5.74, 6) is -0.291. The van der Waals surface area contributed by atoms with Gasteiger partial charge in [-0.05, 0) is 27.2 Å². The predicted molar refractivity (Wildman–Crippen MR) is 59.5 cm³/mol. The van der Waals surface area contributed by atoms with Gasteiger partial charge in [0, 0.05) is 6.54 Å². The third-order valence-electron chi connectivity index (χ3n) is 2.05. The molecule has 0 aromatic heterocycles. The number of carbonyl (C=O) groups is 1. The molecule has 0 bridgehead atoms. The molecule has 0 aliphatic rings. The van der Waals surface area contributed by atoms with Crippen LogP contribution >= 0.6 is 0 Å². The van der Waals surface area contributed by atoms with Gasteiger partial charge in [0.2, 0.25) is 0 Å². The summed E-state index contributed by atoms with van der Waals surface area (Å²) < 4.78 is 10.6. The number of ether oxygens (including phenoxy) is 2. The minimum Gasteiger partial charge on any atom is -0.464 e. The number of esters is 1. The maximum Gasteiger partial charge on any atom is 0.335 e. The molecule has 0 aromatic rings. The number of hydrogen-bond donors (Lipinski definition) is 1. The third-order valence-corrected chi connectivity index (χ3v) is 2.05. The standard InChI is InChI=1S/C11H23NO3/c1-5-7-9(10(13)14-6-2)15-11(3,4)8-12/h9H,5-8,12H2,1-4H3. The first-order valence-corrected chi connectivity index (χ1v) is 5.51. The zero-order chi connectivity index (χ0) is 11.9. The quantitative estimate of drug-likeness (QED) is 0.656. The van der Waals surface area contributed by atoms with Crippen LogP contribution in [0.2, 0.25) is 0 Å². The molecular formula is C11H23NO3. The summed E-state index contributed by atoms with van der Waals surface area (Å²) in [6.07, 6.45) is 1.06. The SMILES string of the molecule is CCCC(OC(C)(C)CN)C(=O)OCC. The lowest BCUT2D eigenvalue weighted by Gasteiger charge is -2.28. The van der Waals surface area contributed by atoms with Gasteiger partial charge in [-0.15, -0.1) is 0 Å². The van der Waals surface area contributed by atoms with Crippen LogP contribution in [-0.4, -0.2) is 30.8 Å². The molecule has 0 saturated heterocycles. The van der Waals surface area contributed by atoms with E-state index in [0.717, 1.165) is 6.42 Å². The largest absolute Gasteiger partial charge is 0.464 e. The van der Waals surface area contributed by atoms with Gasteiger partial charge in [-0.2, -0.15) is 0 Å². The zero-order valence-electron chi connectivity index (χ0n) is 10.2. The lowest BCUT2D eigenvalue weighted by atomic mass is 10.1. The molecule has 0 fully saturated rings. The van der Waals surface area contributed by atoms with Crippen molar-refractivity contribution in [3.63, 3.8) is 0 Å². The van der Waals surface area contributed by atoms with Crippen LogP contribution in [-0.2, 0) is 14.3 Å². The first-order valence-electron chi connectivity index (χ1n) is 5.51. The maximum atomic E-state index is 11.5. The molecule has 1 atom stereocenters. The monoisotopic (exact) mass is 217 g/mol. The van der Waals surface area contributed by atoms with Gasteiger partial charge in [-0.1, -0.05) is 13.3 Å². The summed E-state index contributed by atoms with van der Waals surface area (Å²) in [6, 6.07) is 0.